The molecule has 168 valence electrons. The van der Waals surface area contributed by atoms with Crippen molar-refractivity contribution in [2.45, 2.75) is 25.2 Å². The van der Waals surface area contributed by atoms with Gasteiger partial charge in [0.1, 0.15) is 18.0 Å². The number of hydrogen-bond acceptors (Lipinski definition) is 8. The average molecular weight is 456 g/mol. The Labute approximate surface area is 177 Å². The lowest BCUT2D eigenvalue weighted by atomic mass is 10.2. The minimum absolute atomic E-state index is 0.00241. The normalized spacial score (nSPS) is 23.5. The van der Waals surface area contributed by atoms with Crippen molar-refractivity contribution >= 4 is 33.5 Å². The van der Waals surface area contributed by atoms with Crippen LogP contribution in [0.3, 0.4) is 0 Å². The fourth-order valence-corrected chi connectivity index (χ4v) is 4.10. The molecule has 0 radical (unpaired) electrons. The molecule has 0 spiro atoms. The number of carbonyl (C=O) groups excluding carboxylic acids is 2. The molecule has 3 atom stereocenters. The van der Waals surface area contributed by atoms with E-state index in [0.717, 1.165) is 12.3 Å². The number of rotatable bonds is 7. The van der Waals surface area contributed by atoms with E-state index < -0.39 is 40.3 Å². The Morgan fingerprint density at radius 3 is 2.77 bits per heavy atom. The molecular weight excluding hydrogens is 435 g/mol. The molecule has 2 unspecified atom stereocenters. The Kier molecular flexibility index (Phi) is 6.53. The van der Waals surface area contributed by atoms with Gasteiger partial charge in [-0.15, -0.1) is 0 Å². The molecule has 2 saturated heterocycles. The number of cyclic esters (lactones) is 1. The van der Waals surface area contributed by atoms with Crippen LogP contribution in [0.4, 0.5) is 20.6 Å². The SMILES string of the molecule is CC(=O)NC[C@H]1CN(c2ccc(N3CC(N=[N+]=[N-])C(OS(C)(=O)=O)C3)c(F)c2)C(=O)O1. The molecule has 2 aliphatic heterocycles. The highest BCUT2D eigenvalue weighted by Crippen LogP contribution is 2.31. The average Bonchev–Trinajstić information content (AvgIpc) is 3.22. The summed E-state index contributed by atoms with van der Waals surface area (Å²) in [6.07, 6.45) is -1.29. The van der Waals surface area contributed by atoms with Crippen molar-refractivity contribution < 1.29 is 31.3 Å². The summed E-state index contributed by atoms with van der Waals surface area (Å²) in [6.45, 7) is 1.70. The minimum Gasteiger partial charge on any atom is -0.442 e. The smallest absolute Gasteiger partial charge is 0.414 e. The molecule has 1 N–H and O–H groups in total. The molecule has 3 rings (SSSR count). The predicted molar refractivity (Wildman–Crippen MR) is 108 cm³/mol. The first kappa shape index (κ1) is 22.6. The van der Waals surface area contributed by atoms with Crippen molar-refractivity contribution in [3.63, 3.8) is 0 Å². The summed E-state index contributed by atoms with van der Waals surface area (Å²) in [7, 11) is -3.80. The van der Waals surface area contributed by atoms with Crippen molar-refractivity contribution in [3.05, 3.63) is 34.5 Å². The van der Waals surface area contributed by atoms with Gasteiger partial charge >= 0.3 is 6.09 Å². The highest BCUT2D eigenvalue weighted by Gasteiger charge is 2.37. The lowest BCUT2D eigenvalue weighted by Gasteiger charge is -2.21. The third kappa shape index (κ3) is 5.54. The number of carbonyl (C=O) groups is 2. The van der Waals surface area contributed by atoms with Crippen LogP contribution in [-0.4, -0.2) is 71.1 Å². The van der Waals surface area contributed by atoms with Crippen LogP contribution in [0.15, 0.2) is 23.3 Å². The zero-order valence-corrected chi connectivity index (χ0v) is 17.6. The van der Waals surface area contributed by atoms with E-state index in [2.05, 4.69) is 15.3 Å². The van der Waals surface area contributed by atoms with Gasteiger partial charge in [-0.2, -0.15) is 8.42 Å². The zero-order chi connectivity index (χ0) is 22.8. The number of ether oxygens (including phenoxy) is 1. The minimum atomic E-state index is -3.80. The van der Waals surface area contributed by atoms with Crippen molar-refractivity contribution in [3.8, 4) is 0 Å². The predicted octanol–water partition coefficient (Wildman–Crippen LogP) is 1.13. The quantitative estimate of drug-likeness (QED) is 0.279. The second-order valence-electron chi connectivity index (χ2n) is 7.21. The van der Waals surface area contributed by atoms with Crippen LogP contribution >= 0.6 is 0 Å². The van der Waals surface area contributed by atoms with E-state index in [1.54, 1.807) is 0 Å². The maximum absolute atomic E-state index is 14.9. The highest BCUT2D eigenvalue weighted by atomic mass is 32.2. The van der Waals surface area contributed by atoms with Crippen molar-refractivity contribution in [2.75, 3.05) is 42.2 Å². The molecule has 0 aromatic heterocycles. The van der Waals surface area contributed by atoms with Gasteiger partial charge in [-0.05, 0) is 23.7 Å². The van der Waals surface area contributed by atoms with E-state index in [-0.39, 0.29) is 43.5 Å². The van der Waals surface area contributed by atoms with Gasteiger partial charge in [0.05, 0.1) is 36.8 Å². The molecule has 12 nitrogen and oxygen atoms in total. The first-order chi connectivity index (χ1) is 14.6. The number of anilines is 2. The Morgan fingerprint density at radius 1 is 1.42 bits per heavy atom. The Morgan fingerprint density at radius 2 is 2.16 bits per heavy atom. The van der Waals surface area contributed by atoms with Crippen LogP contribution in [0.25, 0.3) is 10.4 Å². The van der Waals surface area contributed by atoms with E-state index in [0.29, 0.717) is 0 Å². The number of nitrogens with one attached hydrogen (secondary N) is 1. The summed E-state index contributed by atoms with van der Waals surface area (Å²) in [5.74, 6) is -0.914. The van der Waals surface area contributed by atoms with E-state index >= 15 is 0 Å². The van der Waals surface area contributed by atoms with Gasteiger partial charge in [0.15, 0.2) is 0 Å². The van der Waals surface area contributed by atoms with Crippen LogP contribution in [-0.2, 0) is 23.8 Å². The summed E-state index contributed by atoms with van der Waals surface area (Å²) in [5.41, 5.74) is 9.13. The fourth-order valence-electron chi connectivity index (χ4n) is 3.47. The van der Waals surface area contributed by atoms with Gasteiger partial charge in [0.25, 0.3) is 10.1 Å². The van der Waals surface area contributed by atoms with Gasteiger partial charge in [-0.1, -0.05) is 5.11 Å². The van der Waals surface area contributed by atoms with Crippen LogP contribution < -0.4 is 15.1 Å². The molecule has 14 heteroatoms. The molecule has 2 amide bonds. The fraction of sp³-hybridized carbons (Fsp3) is 0.529. The molecule has 0 saturated carbocycles. The van der Waals surface area contributed by atoms with Gasteiger partial charge in [0, 0.05) is 24.9 Å². The second-order valence-corrected chi connectivity index (χ2v) is 8.81. The Balaban J connectivity index is 1.74. The molecule has 0 bridgehead atoms. The Bertz CT molecular complexity index is 1030. The molecule has 31 heavy (non-hydrogen) atoms. The molecule has 0 aliphatic carbocycles. The first-order valence-electron chi connectivity index (χ1n) is 9.27. The largest absolute Gasteiger partial charge is 0.442 e. The van der Waals surface area contributed by atoms with E-state index in [1.807, 2.05) is 0 Å². The van der Waals surface area contributed by atoms with E-state index in [9.17, 15) is 22.4 Å². The third-order valence-corrected chi connectivity index (χ3v) is 5.37. The third-order valence-electron chi connectivity index (χ3n) is 4.77. The number of benzene rings is 1. The zero-order valence-electron chi connectivity index (χ0n) is 16.8. The number of amides is 2. The summed E-state index contributed by atoms with van der Waals surface area (Å²) in [4.78, 5) is 28.6. The van der Waals surface area contributed by atoms with Gasteiger partial charge in [0.2, 0.25) is 5.91 Å². The number of halogens is 1. The van der Waals surface area contributed by atoms with Gasteiger partial charge in [-0.25, -0.2) is 9.18 Å². The molecule has 2 fully saturated rings. The lowest BCUT2D eigenvalue weighted by molar-refractivity contribution is -0.119. The molecule has 2 heterocycles. The van der Waals surface area contributed by atoms with Crippen molar-refractivity contribution in [2.24, 2.45) is 5.11 Å². The van der Waals surface area contributed by atoms with Gasteiger partial charge < -0.3 is 15.0 Å². The molecular formula is C17H21FN6O6S. The van der Waals surface area contributed by atoms with Gasteiger partial charge in [-0.3, -0.25) is 13.9 Å². The molecule has 1 aromatic rings. The molecule has 1 aromatic carbocycles. The van der Waals surface area contributed by atoms with Crippen LogP contribution in [0.1, 0.15) is 6.92 Å². The first-order valence-corrected chi connectivity index (χ1v) is 11.1. The number of azide groups is 1. The van der Waals surface area contributed by atoms with Crippen molar-refractivity contribution in [1.82, 2.24) is 5.32 Å². The van der Waals surface area contributed by atoms with Crippen molar-refractivity contribution in [1.29, 1.82) is 0 Å². The molecule has 2 aliphatic rings. The topological polar surface area (TPSA) is 154 Å². The summed E-state index contributed by atoms with van der Waals surface area (Å²) < 4.78 is 47.9. The number of nitrogens with zero attached hydrogens (tertiary/aromatic N) is 5. The summed E-state index contributed by atoms with van der Waals surface area (Å²) in [6, 6.07) is 3.30. The summed E-state index contributed by atoms with van der Waals surface area (Å²) in [5, 5.41) is 6.11. The van der Waals surface area contributed by atoms with Crippen LogP contribution in [0.5, 0.6) is 0 Å². The highest BCUT2D eigenvalue weighted by molar-refractivity contribution is 7.86. The second kappa shape index (κ2) is 8.96. The number of hydrogen-bond donors (Lipinski definition) is 1. The summed E-state index contributed by atoms with van der Waals surface area (Å²) >= 11 is 0. The van der Waals surface area contributed by atoms with Crippen LogP contribution in [0, 0.1) is 5.82 Å². The lowest BCUT2D eigenvalue weighted by Crippen LogP contribution is -2.33. The standard InChI is InChI=1S/C17H21FN6O6S/c1-10(25)20-6-12-7-24(17(26)29-12)11-3-4-15(13(18)5-11)23-8-14(21-22-19)16(9-23)30-31(2,27)28/h3-5,12,14,16H,6-9H2,1-2H3,(H,20,25)/t12-,14?,16?/m0/s1. The van der Waals surface area contributed by atoms with E-state index in [4.69, 9.17) is 14.5 Å². The Hall–Kier alpha value is -3.09. The maximum Gasteiger partial charge on any atom is 0.414 e. The van der Waals surface area contributed by atoms with Crippen LogP contribution in [0.2, 0.25) is 0 Å². The van der Waals surface area contributed by atoms with E-state index in [1.165, 1.54) is 28.9 Å². The monoisotopic (exact) mass is 456 g/mol. The maximum atomic E-state index is 14.9.